The van der Waals surface area contributed by atoms with E-state index in [4.69, 9.17) is 9.47 Å². The quantitative estimate of drug-likeness (QED) is 0.565. The number of para-hydroxylation sites is 1. The van der Waals surface area contributed by atoms with Gasteiger partial charge in [-0.3, -0.25) is 14.9 Å². The standard InChI is InChI=1S/C17H17N3O5/c1-19(2)9-8-18-17(21)12-4-3-5-14-16(12)25-15-10-11(20(22)23)6-7-13(15)24-14/h3-7,10H,8-9H2,1-2H3,(H,18,21). The molecule has 0 saturated carbocycles. The summed E-state index contributed by atoms with van der Waals surface area (Å²) in [6.07, 6.45) is 0. The lowest BCUT2D eigenvalue weighted by Crippen LogP contribution is -2.31. The van der Waals surface area contributed by atoms with Crippen LogP contribution in [0.25, 0.3) is 0 Å². The fourth-order valence-electron chi connectivity index (χ4n) is 2.37. The molecular weight excluding hydrogens is 326 g/mol. The van der Waals surface area contributed by atoms with Crippen molar-refractivity contribution in [3.05, 3.63) is 52.1 Å². The van der Waals surface area contributed by atoms with Crippen LogP contribution in [-0.2, 0) is 0 Å². The van der Waals surface area contributed by atoms with Crippen LogP contribution in [0.2, 0.25) is 0 Å². The summed E-state index contributed by atoms with van der Waals surface area (Å²) >= 11 is 0. The van der Waals surface area contributed by atoms with Gasteiger partial charge in [0.2, 0.25) is 0 Å². The third kappa shape index (κ3) is 3.53. The molecule has 130 valence electrons. The summed E-state index contributed by atoms with van der Waals surface area (Å²) in [4.78, 5) is 24.8. The van der Waals surface area contributed by atoms with Crippen molar-refractivity contribution < 1.29 is 19.2 Å². The molecule has 0 radical (unpaired) electrons. The summed E-state index contributed by atoms with van der Waals surface area (Å²) in [7, 11) is 3.83. The molecule has 2 aromatic rings. The lowest BCUT2D eigenvalue weighted by Gasteiger charge is -2.22. The predicted octanol–water partition coefficient (Wildman–Crippen LogP) is 2.78. The van der Waals surface area contributed by atoms with E-state index in [2.05, 4.69) is 5.32 Å². The van der Waals surface area contributed by atoms with Gasteiger partial charge in [0.25, 0.3) is 11.6 Å². The number of amides is 1. The minimum Gasteiger partial charge on any atom is -0.449 e. The minimum atomic E-state index is -0.515. The Morgan fingerprint density at radius 2 is 1.96 bits per heavy atom. The molecule has 0 bridgehead atoms. The molecule has 8 heteroatoms. The molecule has 1 heterocycles. The number of nitrogens with zero attached hydrogens (tertiary/aromatic N) is 2. The van der Waals surface area contributed by atoms with Gasteiger partial charge in [0, 0.05) is 19.2 Å². The molecule has 1 aliphatic rings. The zero-order valence-electron chi connectivity index (χ0n) is 13.8. The third-order valence-corrected chi connectivity index (χ3v) is 3.64. The first kappa shape index (κ1) is 16.7. The van der Waals surface area contributed by atoms with E-state index in [0.29, 0.717) is 30.2 Å². The molecule has 0 fully saturated rings. The topological polar surface area (TPSA) is 93.9 Å². The summed E-state index contributed by atoms with van der Waals surface area (Å²) in [6.45, 7) is 1.19. The Morgan fingerprint density at radius 1 is 1.16 bits per heavy atom. The maximum absolute atomic E-state index is 12.4. The number of likely N-dealkylation sites (N-methyl/N-ethyl adjacent to an activating group) is 1. The number of non-ortho nitro benzene ring substituents is 1. The van der Waals surface area contributed by atoms with E-state index >= 15 is 0 Å². The van der Waals surface area contributed by atoms with Crippen LogP contribution < -0.4 is 14.8 Å². The maximum atomic E-state index is 12.4. The Morgan fingerprint density at radius 3 is 2.68 bits per heavy atom. The molecule has 0 unspecified atom stereocenters. The van der Waals surface area contributed by atoms with E-state index in [1.807, 2.05) is 19.0 Å². The highest BCUT2D eigenvalue weighted by Crippen LogP contribution is 2.47. The van der Waals surface area contributed by atoms with Crippen LogP contribution in [0.5, 0.6) is 23.0 Å². The summed E-state index contributed by atoms with van der Waals surface area (Å²) in [5.41, 5.74) is 0.201. The molecule has 0 saturated heterocycles. The van der Waals surface area contributed by atoms with Gasteiger partial charge in [-0.1, -0.05) is 6.07 Å². The summed E-state index contributed by atoms with van der Waals surface area (Å²) in [5.74, 6) is 0.911. The highest BCUT2D eigenvalue weighted by molar-refractivity contribution is 5.98. The predicted molar refractivity (Wildman–Crippen MR) is 90.6 cm³/mol. The molecule has 0 atom stereocenters. The highest BCUT2D eigenvalue weighted by atomic mass is 16.6. The largest absolute Gasteiger partial charge is 0.449 e. The van der Waals surface area contributed by atoms with Gasteiger partial charge in [-0.2, -0.15) is 0 Å². The van der Waals surface area contributed by atoms with Crippen molar-refractivity contribution in [2.45, 2.75) is 0 Å². The van der Waals surface area contributed by atoms with Crippen molar-refractivity contribution in [1.82, 2.24) is 10.2 Å². The smallest absolute Gasteiger partial charge is 0.273 e. The van der Waals surface area contributed by atoms with Crippen LogP contribution in [0.15, 0.2) is 36.4 Å². The molecule has 1 N–H and O–H groups in total. The molecule has 0 aromatic heterocycles. The number of hydrogen-bond donors (Lipinski definition) is 1. The molecule has 25 heavy (non-hydrogen) atoms. The van der Waals surface area contributed by atoms with Crippen molar-refractivity contribution in [1.29, 1.82) is 0 Å². The molecule has 0 aliphatic carbocycles. The number of fused-ring (bicyclic) bond motifs is 2. The third-order valence-electron chi connectivity index (χ3n) is 3.64. The van der Waals surface area contributed by atoms with Gasteiger partial charge in [-0.15, -0.1) is 0 Å². The summed E-state index contributed by atoms with van der Waals surface area (Å²) in [6, 6.07) is 9.08. The second-order valence-electron chi connectivity index (χ2n) is 5.78. The van der Waals surface area contributed by atoms with E-state index in [1.54, 1.807) is 18.2 Å². The van der Waals surface area contributed by atoms with E-state index in [9.17, 15) is 14.9 Å². The minimum absolute atomic E-state index is 0.112. The Hall–Kier alpha value is -3.13. The van der Waals surface area contributed by atoms with Crippen molar-refractivity contribution in [3.63, 3.8) is 0 Å². The second-order valence-corrected chi connectivity index (χ2v) is 5.78. The molecule has 1 aliphatic heterocycles. The second kappa shape index (κ2) is 6.78. The lowest BCUT2D eigenvalue weighted by molar-refractivity contribution is -0.384. The normalized spacial score (nSPS) is 11.8. The van der Waals surface area contributed by atoms with Crippen LogP contribution in [-0.4, -0.2) is 42.9 Å². The summed E-state index contributed by atoms with van der Waals surface area (Å²) < 4.78 is 11.5. The zero-order chi connectivity index (χ0) is 18.0. The number of carbonyl (C=O) groups excluding carboxylic acids is 1. The van der Waals surface area contributed by atoms with Crippen molar-refractivity contribution in [3.8, 4) is 23.0 Å². The zero-order valence-corrected chi connectivity index (χ0v) is 13.8. The molecule has 8 nitrogen and oxygen atoms in total. The molecule has 1 amide bonds. The van der Waals surface area contributed by atoms with Gasteiger partial charge in [-0.25, -0.2) is 0 Å². The number of ether oxygens (including phenoxy) is 2. The first-order valence-electron chi connectivity index (χ1n) is 7.66. The number of benzene rings is 2. The van der Waals surface area contributed by atoms with E-state index in [1.165, 1.54) is 18.2 Å². The summed E-state index contributed by atoms with van der Waals surface area (Å²) in [5, 5.41) is 13.7. The number of nitrogens with one attached hydrogen (secondary N) is 1. The monoisotopic (exact) mass is 343 g/mol. The fraction of sp³-hybridized carbons (Fsp3) is 0.235. The van der Waals surface area contributed by atoms with Gasteiger partial charge < -0.3 is 19.7 Å². The van der Waals surface area contributed by atoms with Crippen molar-refractivity contribution >= 4 is 11.6 Å². The Labute approximate surface area is 144 Å². The number of nitro benzene ring substituents is 1. The van der Waals surface area contributed by atoms with Crippen LogP contribution >= 0.6 is 0 Å². The van der Waals surface area contributed by atoms with Crippen molar-refractivity contribution in [2.75, 3.05) is 27.2 Å². The SMILES string of the molecule is CN(C)CCNC(=O)c1cccc2c1Oc1cc([N+](=O)[O-])ccc1O2. The average molecular weight is 343 g/mol. The van der Waals surface area contributed by atoms with E-state index < -0.39 is 4.92 Å². The first-order chi connectivity index (χ1) is 12.0. The first-order valence-corrected chi connectivity index (χ1v) is 7.66. The van der Waals surface area contributed by atoms with Gasteiger partial charge >= 0.3 is 0 Å². The van der Waals surface area contributed by atoms with E-state index in [0.717, 1.165) is 0 Å². The Bertz CT molecular complexity index is 835. The molecule has 0 spiro atoms. The number of hydrogen-bond acceptors (Lipinski definition) is 6. The number of nitro groups is 1. The maximum Gasteiger partial charge on any atom is 0.273 e. The van der Waals surface area contributed by atoms with Gasteiger partial charge in [0.05, 0.1) is 16.6 Å². The Kier molecular flexibility index (Phi) is 4.53. The van der Waals surface area contributed by atoms with Crippen LogP contribution in [0, 0.1) is 10.1 Å². The van der Waals surface area contributed by atoms with Gasteiger partial charge in [0.15, 0.2) is 23.0 Å². The van der Waals surface area contributed by atoms with Crippen LogP contribution in [0.3, 0.4) is 0 Å². The molecular formula is C17H17N3O5. The Balaban J connectivity index is 1.86. The average Bonchev–Trinajstić information content (AvgIpc) is 2.58. The van der Waals surface area contributed by atoms with Gasteiger partial charge in [-0.05, 0) is 32.3 Å². The molecule has 3 rings (SSSR count). The van der Waals surface area contributed by atoms with Gasteiger partial charge in [0.1, 0.15) is 0 Å². The molecule has 2 aromatic carbocycles. The highest BCUT2D eigenvalue weighted by Gasteiger charge is 2.26. The fourth-order valence-corrected chi connectivity index (χ4v) is 2.37. The van der Waals surface area contributed by atoms with Crippen LogP contribution in [0.4, 0.5) is 5.69 Å². The van der Waals surface area contributed by atoms with Crippen LogP contribution in [0.1, 0.15) is 10.4 Å². The van der Waals surface area contributed by atoms with E-state index in [-0.39, 0.29) is 23.1 Å². The van der Waals surface area contributed by atoms with Crippen molar-refractivity contribution in [2.24, 2.45) is 0 Å². The number of rotatable bonds is 5. The number of carbonyl (C=O) groups is 1. The lowest BCUT2D eigenvalue weighted by atomic mass is 10.1.